The lowest BCUT2D eigenvalue weighted by Gasteiger charge is -2.16. The summed E-state index contributed by atoms with van der Waals surface area (Å²) in [4.78, 5) is 23.2. The van der Waals surface area contributed by atoms with Gasteiger partial charge in [0.15, 0.2) is 6.73 Å². The Morgan fingerprint density at radius 1 is 1.17 bits per heavy atom. The summed E-state index contributed by atoms with van der Waals surface area (Å²) in [6.45, 7) is 1.49. The number of hydrogen-bond donors (Lipinski definition) is 0. The molecule has 0 spiro atoms. The Labute approximate surface area is 106 Å². The predicted molar refractivity (Wildman–Crippen MR) is 65.9 cm³/mol. The molecule has 5 nitrogen and oxygen atoms in total. The van der Waals surface area contributed by atoms with Crippen LogP contribution in [-0.4, -0.2) is 37.3 Å². The van der Waals surface area contributed by atoms with E-state index in [-0.39, 0.29) is 6.73 Å². The molecular weight excluding hydrogens is 234 g/mol. The Balaban J connectivity index is 2.22. The molecule has 1 aromatic rings. The maximum Gasteiger partial charge on any atom is 0.412 e. The van der Waals surface area contributed by atoms with Gasteiger partial charge in [0.1, 0.15) is 0 Å². The van der Waals surface area contributed by atoms with Gasteiger partial charge >= 0.3 is 12.1 Å². The Morgan fingerprint density at radius 3 is 2.44 bits per heavy atom. The minimum atomic E-state index is -0.507. The molecule has 0 aromatic heterocycles. The largest absolute Gasteiger partial charge is 0.449 e. The topological polar surface area (TPSA) is 55.8 Å². The van der Waals surface area contributed by atoms with Crippen molar-refractivity contribution in [2.45, 2.75) is 13.3 Å². The molecule has 0 N–H and O–H groups in total. The quantitative estimate of drug-likeness (QED) is 0.591. The van der Waals surface area contributed by atoms with Gasteiger partial charge in [0.2, 0.25) is 0 Å². The van der Waals surface area contributed by atoms with Crippen LogP contribution in [0, 0.1) is 0 Å². The SMILES string of the molecule is CC(=O)OCN(C)C(=O)OCCc1ccccc1. The summed E-state index contributed by atoms with van der Waals surface area (Å²) >= 11 is 0. The zero-order chi connectivity index (χ0) is 13.4. The highest BCUT2D eigenvalue weighted by Crippen LogP contribution is 2.00. The number of nitrogens with zero attached hydrogens (tertiary/aromatic N) is 1. The summed E-state index contributed by atoms with van der Waals surface area (Å²) in [7, 11) is 1.51. The van der Waals surface area contributed by atoms with Gasteiger partial charge in [-0.05, 0) is 5.56 Å². The first-order valence-electron chi connectivity index (χ1n) is 5.65. The van der Waals surface area contributed by atoms with Crippen molar-refractivity contribution in [2.75, 3.05) is 20.4 Å². The number of hydrogen-bond acceptors (Lipinski definition) is 4. The molecule has 0 heterocycles. The van der Waals surface area contributed by atoms with E-state index in [1.54, 1.807) is 0 Å². The summed E-state index contributed by atoms with van der Waals surface area (Å²) in [5.74, 6) is -0.432. The molecule has 1 aromatic carbocycles. The second kappa shape index (κ2) is 7.32. The summed E-state index contributed by atoms with van der Waals surface area (Å²) in [6, 6.07) is 9.74. The second-order valence-corrected chi connectivity index (χ2v) is 3.81. The van der Waals surface area contributed by atoms with Gasteiger partial charge in [0, 0.05) is 20.4 Å². The lowest BCUT2D eigenvalue weighted by Crippen LogP contribution is -2.31. The van der Waals surface area contributed by atoms with E-state index < -0.39 is 12.1 Å². The minimum Gasteiger partial charge on any atom is -0.449 e. The number of ether oxygens (including phenoxy) is 2. The van der Waals surface area contributed by atoms with Crippen LogP contribution in [0.25, 0.3) is 0 Å². The van der Waals surface area contributed by atoms with Crippen molar-refractivity contribution in [3.8, 4) is 0 Å². The van der Waals surface area contributed by atoms with E-state index in [0.29, 0.717) is 13.0 Å². The van der Waals surface area contributed by atoms with Gasteiger partial charge in [-0.1, -0.05) is 30.3 Å². The van der Waals surface area contributed by atoms with E-state index in [1.807, 2.05) is 30.3 Å². The van der Waals surface area contributed by atoms with Crippen molar-refractivity contribution in [3.05, 3.63) is 35.9 Å². The zero-order valence-electron chi connectivity index (χ0n) is 10.6. The summed E-state index contributed by atoms with van der Waals surface area (Å²) in [5.41, 5.74) is 1.10. The molecular formula is C13H17NO4. The molecule has 0 saturated heterocycles. The van der Waals surface area contributed by atoms with Gasteiger partial charge < -0.3 is 9.47 Å². The molecule has 0 aliphatic rings. The second-order valence-electron chi connectivity index (χ2n) is 3.81. The molecule has 0 bridgehead atoms. The van der Waals surface area contributed by atoms with Gasteiger partial charge in [-0.25, -0.2) is 4.79 Å². The average Bonchev–Trinajstić information content (AvgIpc) is 2.37. The van der Waals surface area contributed by atoms with Gasteiger partial charge in [-0.2, -0.15) is 0 Å². The fourth-order valence-electron chi connectivity index (χ4n) is 1.25. The maximum atomic E-state index is 11.5. The molecule has 0 aliphatic carbocycles. The van der Waals surface area contributed by atoms with Gasteiger partial charge in [-0.15, -0.1) is 0 Å². The number of amides is 1. The van der Waals surface area contributed by atoms with Crippen LogP contribution in [0.3, 0.4) is 0 Å². The smallest absolute Gasteiger partial charge is 0.412 e. The highest BCUT2D eigenvalue weighted by atomic mass is 16.6. The fraction of sp³-hybridized carbons (Fsp3) is 0.385. The molecule has 98 valence electrons. The summed E-state index contributed by atoms with van der Waals surface area (Å²) in [6.07, 6.45) is 0.153. The van der Waals surface area contributed by atoms with Gasteiger partial charge in [0.05, 0.1) is 6.61 Å². The van der Waals surface area contributed by atoms with E-state index >= 15 is 0 Å². The van der Waals surface area contributed by atoms with E-state index in [1.165, 1.54) is 18.9 Å². The van der Waals surface area contributed by atoms with Crippen molar-refractivity contribution < 1.29 is 19.1 Å². The molecule has 18 heavy (non-hydrogen) atoms. The van der Waals surface area contributed by atoms with Crippen LogP contribution in [0.5, 0.6) is 0 Å². The molecule has 0 aliphatic heterocycles. The Hall–Kier alpha value is -2.04. The van der Waals surface area contributed by atoms with Crippen LogP contribution in [0.4, 0.5) is 4.79 Å². The van der Waals surface area contributed by atoms with Crippen LogP contribution in [-0.2, 0) is 20.7 Å². The number of esters is 1. The van der Waals surface area contributed by atoms with Crippen molar-refractivity contribution in [3.63, 3.8) is 0 Å². The normalized spacial score (nSPS) is 9.67. The number of rotatable bonds is 5. The van der Waals surface area contributed by atoms with Crippen LogP contribution in [0.15, 0.2) is 30.3 Å². The van der Waals surface area contributed by atoms with E-state index in [2.05, 4.69) is 4.74 Å². The first-order valence-corrected chi connectivity index (χ1v) is 5.65. The maximum absolute atomic E-state index is 11.5. The third kappa shape index (κ3) is 5.34. The van der Waals surface area contributed by atoms with Crippen molar-refractivity contribution in [1.82, 2.24) is 4.90 Å². The van der Waals surface area contributed by atoms with Crippen LogP contribution < -0.4 is 0 Å². The molecule has 1 rings (SSSR count). The van der Waals surface area contributed by atoms with Crippen molar-refractivity contribution >= 4 is 12.1 Å². The summed E-state index contributed by atoms with van der Waals surface area (Å²) < 4.78 is 9.71. The Kier molecular flexibility index (Phi) is 5.70. The monoisotopic (exact) mass is 251 g/mol. The first-order chi connectivity index (χ1) is 8.59. The fourth-order valence-corrected chi connectivity index (χ4v) is 1.25. The highest BCUT2D eigenvalue weighted by Gasteiger charge is 2.10. The standard InChI is InChI=1S/C13H17NO4/c1-11(15)18-10-14(2)13(16)17-9-8-12-6-4-3-5-7-12/h3-7H,8-10H2,1-2H3. The molecule has 0 unspecified atom stereocenters. The van der Waals surface area contributed by atoms with Crippen LogP contribution in [0.2, 0.25) is 0 Å². The molecule has 0 fully saturated rings. The molecule has 1 amide bonds. The average molecular weight is 251 g/mol. The first kappa shape index (κ1) is 14.0. The lowest BCUT2D eigenvalue weighted by molar-refractivity contribution is -0.144. The lowest BCUT2D eigenvalue weighted by atomic mass is 10.2. The van der Waals surface area contributed by atoms with E-state index in [9.17, 15) is 9.59 Å². The Morgan fingerprint density at radius 2 is 1.83 bits per heavy atom. The Bertz CT molecular complexity index is 391. The molecule has 0 radical (unpaired) electrons. The number of benzene rings is 1. The number of carbonyl (C=O) groups is 2. The zero-order valence-corrected chi connectivity index (χ0v) is 10.6. The van der Waals surface area contributed by atoms with Crippen LogP contribution >= 0.6 is 0 Å². The third-order valence-corrected chi connectivity index (χ3v) is 2.23. The predicted octanol–water partition coefficient (Wildman–Crippen LogP) is 1.82. The third-order valence-electron chi connectivity index (χ3n) is 2.23. The summed E-state index contributed by atoms with van der Waals surface area (Å²) in [5, 5.41) is 0. The van der Waals surface area contributed by atoms with Gasteiger partial charge in [0.25, 0.3) is 0 Å². The number of carbonyl (C=O) groups excluding carboxylic acids is 2. The van der Waals surface area contributed by atoms with E-state index in [4.69, 9.17) is 4.74 Å². The minimum absolute atomic E-state index is 0.0977. The van der Waals surface area contributed by atoms with Gasteiger partial charge in [-0.3, -0.25) is 9.69 Å². The molecule has 0 saturated carbocycles. The van der Waals surface area contributed by atoms with Crippen molar-refractivity contribution in [1.29, 1.82) is 0 Å². The van der Waals surface area contributed by atoms with Crippen molar-refractivity contribution in [2.24, 2.45) is 0 Å². The van der Waals surface area contributed by atoms with Crippen LogP contribution in [0.1, 0.15) is 12.5 Å². The van der Waals surface area contributed by atoms with E-state index in [0.717, 1.165) is 5.56 Å². The highest BCUT2D eigenvalue weighted by molar-refractivity contribution is 5.68. The molecule has 0 atom stereocenters. The molecule has 5 heteroatoms.